The lowest BCUT2D eigenvalue weighted by Gasteiger charge is -2.56. The molecule has 5 rings (SSSR count). The molecule has 5 aliphatic rings. The van der Waals surface area contributed by atoms with E-state index in [0.29, 0.717) is 11.8 Å². The van der Waals surface area contributed by atoms with Crippen LogP contribution in [0.2, 0.25) is 0 Å². The van der Waals surface area contributed by atoms with Crippen molar-refractivity contribution in [2.24, 2.45) is 52.8 Å². The summed E-state index contributed by atoms with van der Waals surface area (Å²) in [6, 6.07) is 0. The molecule has 5 fully saturated rings. The smallest absolute Gasteiger partial charge is 0.289 e. The molecule has 0 aromatic rings. The highest BCUT2D eigenvalue weighted by molar-refractivity contribution is 8.14. The van der Waals surface area contributed by atoms with Gasteiger partial charge in [0.25, 0.3) is 5.24 Å². The second-order valence-corrected chi connectivity index (χ2v) is 12.5. The molecule has 0 aromatic heterocycles. The number of hydrogen-bond donors (Lipinski definition) is 0. The van der Waals surface area contributed by atoms with E-state index in [1.165, 1.54) is 43.4 Å². The fourth-order valence-electron chi connectivity index (χ4n) is 8.93. The molecule has 0 bridgehead atoms. The Balaban J connectivity index is 1.34. The molecule has 2 unspecified atom stereocenters. The molecule has 0 radical (unpaired) electrons. The van der Waals surface area contributed by atoms with Crippen molar-refractivity contribution in [2.75, 3.05) is 12.3 Å². The maximum Gasteiger partial charge on any atom is 0.289 e. The summed E-state index contributed by atoms with van der Waals surface area (Å²) in [4.78, 5) is 38.6. The van der Waals surface area contributed by atoms with Gasteiger partial charge < -0.3 is 0 Å². The molecular weight excluding hydrogens is 394 g/mol. The minimum absolute atomic E-state index is 0.00104. The van der Waals surface area contributed by atoms with Crippen molar-refractivity contribution >= 4 is 28.7 Å². The fraction of sp³-hybridized carbons (Fsp3) is 0.880. The van der Waals surface area contributed by atoms with E-state index in [1.807, 2.05) is 0 Å². The first-order chi connectivity index (χ1) is 14.3. The number of carbonyl (C=O) groups excluding carboxylic acids is 3. The monoisotopic (exact) mass is 431 g/mol. The van der Waals surface area contributed by atoms with E-state index in [9.17, 15) is 14.4 Å². The van der Waals surface area contributed by atoms with Gasteiger partial charge in [0, 0.05) is 5.92 Å². The summed E-state index contributed by atoms with van der Waals surface area (Å²) in [5, 5.41) is -0.241. The first-order valence-electron chi connectivity index (χ1n) is 12.3. The second-order valence-electron chi connectivity index (χ2n) is 11.6. The van der Waals surface area contributed by atoms with Crippen molar-refractivity contribution in [3.05, 3.63) is 0 Å². The van der Waals surface area contributed by atoms with Gasteiger partial charge in [-0.3, -0.25) is 19.3 Å². The van der Waals surface area contributed by atoms with Crippen molar-refractivity contribution in [2.45, 2.75) is 72.1 Å². The largest absolute Gasteiger partial charge is 0.297 e. The number of amides is 2. The molecule has 4 nitrogen and oxygen atoms in total. The van der Waals surface area contributed by atoms with E-state index in [-0.39, 0.29) is 40.6 Å². The molecule has 2 amide bonds. The molecule has 166 valence electrons. The number of Topliss-reactive ketones (excluding diaryl/α,β-unsaturated/α-hetero) is 1. The quantitative estimate of drug-likeness (QED) is 0.600. The van der Waals surface area contributed by atoms with Crippen molar-refractivity contribution < 1.29 is 14.4 Å². The van der Waals surface area contributed by atoms with Gasteiger partial charge in [0.2, 0.25) is 5.91 Å². The summed E-state index contributed by atoms with van der Waals surface area (Å²) < 4.78 is 0. The molecule has 1 heterocycles. The average Bonchev–Trinajstić information content (AvgIpc) is 3.17. The second kappa shape index (κ2) is 7.64. The highest BCUT2D eigenvalue weighted by Gasteiger charge is 2.60. The number of carbonyl (C=O) groups is 3. The number of rotatable bonds is 3. The molecule has 0 spiro atoms. The maximum atomic E-state index is 13.4. The summed E-state index contributed by atoms with van der Waals surface area (Å²) >= 11 is 1.03. The Morgan fingerprint density at radius 1 is 1.03 bits per heavy atom. The Morgan fingerprint density at radius 2 is 1.80 bits per heavy atom. The van der Waals surface area contributed by atoms with Crippen LogP contribution in [0.25, 0.3) is 0 Å². The minimum Gasteiger partial charge on any atom is -0.297 e. The lowest BCUT2D eigenvalue weighted by molar-refractivity contribution is -0.135. The Bertz CT molecular complexity index is 737. The zero-order chi connectivity index (χ0) is 21.2. The van der Waals surface area contributed by atoms with Crippen molar-refractivity contribution in [1.82, 2.24) is 4.90 Å². The molecule has 0 N–H and O–H groups in total. The summed E-state index contributed by atoms with van der Waals surface area (Å²) in [5.41, 5.74) is 0.0470. The topological polar surface area (TPSA) is 54.5 Å². The molecule has 1 aliphatic heterocycles. The number of nitrogens with zero attached hydrogens (tertiary/aromatic N) is 1. The van der Waals surface area contributed by atoms with Crippen molar-refractivity contribution in [1.29, 1.82) is 0 Å². The molecule has 0 aromatic carbocycles. The van der Waals surface area contributed by atoms with Gasteiger partial charge in [-0.2, -0.15) is 0 Å². The lowest BCUT2D eigenvalue weighted by atomic mass is 9.48. The molecule has 4 aliphatic carbocycles. The standard InChI is InChI=1S/C25H37NO3S/c1-14-4-6-17-16(10-14)5-7-19-18(17)8-9-25(3)20(11-15(2)23(19)25)21(27)12-26-22(28)13-30-24(26)29/h14-20,23H,4-13H2,1-3H3/t14-,15+,16+,17-,18?,19+,20+,23?,25+/m0/s1. The van der Waals surface area contributed by atoms with Crippen molar-refractivity contribution in [3.8, 4) is 0 Å². The normalized spacial score (nSPS) is 48.3. The van der Waals surface area contributed by atoms with Gasteiger partial charge in [-0.25, -0.2) is 0 Å². The molecule has 4 saturated carbocycles. The van der Waals surface area contributed by atoms with Gasteiger partial charge in [-0.15, -0.1) is 0 Å². The van der Waals surface area contributed by atoms with Crippen LogP contribution in [0.5, 0.6) is 0 Å². The zero-order valence-electron chi connectivity index (χ0n) is 18.8. The predicted molar refractivity (Wildman–Crippen MR) is 119 cm³/mol. The van der Waals surface area contributed by atoms with Gasteiger partial charge in [0.15, 0.2) is 5.78 Å². The van der Waals surface area contributed by atoms with E-state index >= 15 is 0 Å². The number of thioether (sulfide) groups is 1. The van der Waals surface area contributed by atoms with Crippen LogP contribution in [0.4, 0.5) is 4.79 Å². The average molecular weight is 432 g/mol. The molecular formula is C25H37NO3S. The third kappa shape index (κ3) is 3.20. The number of ketones is 1. The SMILES string of the molecule is C[C@H]1CC[C@@H]2C3CC[C@@]4(C)C([C@@H]3CC[C@@H]2C1)[C@H](C)C[C@@H]4C(=O)CN1C(=O)CSC1=O. The van der Waals surface area contributed by atoms with Gasteiger partial charge in [0.1, 0.15) is 0 Å². The van der Waals surface area contributed by atoms with Crippen LogP contribution in [0, 0.1) is 52.8 Å². The van der Waals surface area contributed by atoms with Crippen LogP contribution in [-0.2, 0) is 9.59 Å². The summed E-state index contributed by atoms with van der Waals surface area (Å²) in [7, 11) is 0. The van der Waals surface area contributed by atoms with Crippen LogP contribution in [-0.4, -0.2) is 34.1 Å². The Kier molecular flexibility index (Phi) is 5.35. The van der Waals surface area contributed by atoms with E-state index in [2.05, 4.69) is 20.8 Å². The summed E-state index contributed by atoms with van der Waals surface area (Å²) in [6.07, 6.45) is 10.4. The molecule has 5 heteroatoms. The zero-order valence-corrected chi connectivity index (χ0v) is 19.6. The third-order valence-electron chi connectivity index (χ3n) is 10.1. The fourth-order valence-corrected chi connectivity index (χ4v) is 9.65. The number of hydrogen-bond acceptors (Lipinski definition) is 4. The van der Waals surface area contributed by atoms with E-state index < -0.39 is 0 Å². The van der Waals surface area contributed by atoms with Crippen LogP contribution < -0.4 is 0 Å². The highest BCUT2D eigenvalue weighted by Crippen LogP contribution is 2.66. The lowest BCUT2D eigenvalue weighted by Crippen LogP contribution is -2.51. The van der Waals surface area contributed by atoms with Crippen LogP contribution in [0.15, 0.2) is 0 Å². The molecule has 9 atom stereocenters. The first-order valence-corrected chi connectivity index (χ1v) is 13.3. The number of fused-ring (bicyclic) bond motifs is 5. The third-order valence-corrected chi connectivity index (χ3v) is 10.9. The van der Waals surface area contributed by atoms with Crippen LogP contribution in [0.3, 0.4) is 0 Å². The van der Waals surface area contributed by atoms with E-state index in [4.69, 9.17) is 0 Å². The Hall–Kier alpha value is -0.840. The first kappa shape index (κ1) is 21.0. The summed E-state index contributed by atoms with van der Waals surface area (Å²) in [5.74, 6) is 5.74. The van der Waals surface area contributed by atoms with Gasteiger partial charge >= 0.3 is 0 Å². The Labute approximate surface area is 185 Å². The van der Waals surface area contributed by atoms with Crippen molar-refractivity contribution in [3.63, 3.8) is 0 Å². The van der Waals surface area contributed by atoms with Gasteiger partial charge in [-0.05, 0) is 91.8 Å². The minimum atomic E-state index is -0.241. The van der Waals surface area contributed by atoms with E-state index in [1.54, 1.807) is 0 Å². The van der Waals surface area contributed by atoms with Crippen LogP contribution in [0.1, 0.15) is 72.1 Å². The van der Waals surface area contributed by atoms with Gasteiger partial charge in [0.05, 0.1) is 12.3 Å². The maximum absolute atomic E-state index is 13.4. The molecule has 1 saturated heterocycles. The van der Waals surface area contributed by atoms with Gasteiger partial charge in [-0.1, -0.05) is 39.0 Å². The number of imide groups is 1. The molecule has 30 heavy (non-hydrogen) atoms. The summed E-state index contributed by atoms with van der Waals surface area (Å²) in [6.45, 7) is 7.18. The Morgan fingerprint density at radius 3 is 2.53 bits per heavy atom. The van der Waals surface area contributed by atoms with E-state index in [0.717, 1.165) is 54.2 Å². The van der Waals surface area contributed by atoms with Crippen LogP contribution >= 0.6 is 11.8 Å². The predicted octanol–water partition coefficient (Wildman–Crippen LogP) is 5.40. The highest BCUT2D eigenvalue weighted by atomic mass is 32.2.